The maximum absolute atomic E-state index is 11.0. The molecule has 0 aromatic rings. The highest BCUT2D eigenvalue weighted by Gasteiger charge is 2.23. The number of hydrogen-bond donors (Lipinski definition) is 2. The highest BCUT2D eigenvalue weighted by molar-refractivity contribution is 7.90. The largest absolute Gasteiger partial charge is 0.381 e. The number of carbonyl (C=O) groups excluding carboxylic acids is 1. The zero-order chi connectivity index (χ0) is 10.7. The van der Waals surface area contributed by atoms with Crippen LogP contribution < -0.4 is 5.32 Å². The smallest absolute Gasteiger partial charge is 0.251 e. The lowest BCUT2D eigenvalue weighted by atomic mass is 10.1. The first kappa shape index (κ1) is 12.4. The van der Waals surface area contributed by atoms with Gasteiger partial charge in [-0.1, -0.05) is 0 Å². The van der Waals surface area contributed by atoms with Crippen molar-refractivity contribution >= 4 is 15.7 Å². The molecule has 0 unspecified atom stereocenters. The maximum Gasteiger partial charge on any atom is 0.251 e. The van der Waals surface area contributed by atoms with Crippen molar-refractivity contribution < 1.29 is 18.3 Å². The SMILES string of the molecule is CC(C)(O)C(=O)NCCS(C)(=O)=O. The van der Waals surface area contributed by atoms with Crippen molar-refractivity contribution in [1.29, 1.82) is 0 Å². The van der Waals surface area contributed by atoms with Crippen molar-refractivity contribution in [3.63, 3.8) is 0 Å². The van der Waals surface area contributed by atoms with Gasteiger partial charge in [-0.15, -0.1) is 0 Å². The van der Waals surface area contributed by atoms with Crippen LogP contribution in [0.3, 0.4) is 0 Å². The summed E-state index contributed by atoms with van der Waals surface area (Å²) in [6, 6.07) is 0. The van der Waals surface area contributed by atoms with Crippen LogP contribution in [0.1, 0.15) is 13.8 Å². The first-order valence-corrected chi connectivity index (χ1v) is 5.87. The van der Waals surface area contributed by atoms with Crippen molar-refractivity contribution in [3.05, 3.63) is 0 Å². The van der Waals surface area contributed by atoms with Crippen molar-refractivity contribution in [2.24, 2.45) is 0 Å². The van der Waals surface area contributed by atoms with Gasteiger partial charge < -0.3 is 10.4 Å². The number of hydrogen-bond acceptors (Lipinski definition) is 4. The van der Waals surface area contributed by atoms with Gasteiger partial charge in [-0.25, -0.2) is 8.42 Å². The van der Waals surface area contributed by atoms with E-state index >= 15 is 0 Å². The molecule has 0 aromatic heterocycles. The van der Waals surface area contributed by atoms with Crippen LogP contribution >= 0.6 is 0 Å². The van der Waals surface area contributed by atoms with Gasteiger partial charge >= 0.3 is 0 Å². The molecule has 0 saturated carbocycles. The molecular formula is C7H15NO4S. The Balaban J connectivity index is 3.87. The van der Waals surface area contributed by atoms with Crippen LogP contribution in [0.15, 0.2) is 0 Å². The third kappa shape index (κ3) is 6.53. The number of rotatable bonds is 4. The van der Waals surface area contributed by atoms with Crippen LogP contribution in [-0.2, 0) is 14.6 Å². The summed E-state index contributed by atoms with van der Waals surface area (Å²) in [5, 5.41) is 11.5. The quantitative estimate of drug-likeness (QED) is 0.617. The van der Waals surface area contributed by atoms with E-state index in [1.807, 2.05) is 0 Å². The summed E-state index contributed by atoms with van der Waals surface area (Å²) >= 11 is 0. The van der Waals surface area contributed by atoms with Crippen LogP contribution in [0.2, 0.25) is 0 Å². The molecule has 0 bridgehead atoms. The molecule has 0 aliphatic carbocycles. The Labute approximate surface area is 78.1 Å². The van der Waals surface area contributed by atoms with Crippen LogP contribution in [-0.4, -0.2) is 43.6 Å². The molecule has 0 aliphatic rings. The van der Waals surface area contributed by atoms with Gasteiger partial charge in [0.25, 0.3) is 5.91 Å². The molecule has 78 valence electrons. The van der Waals surface area contributed by atoms with E-state index in [1.54, 1.807) is 0 Å². The molecule has 5 nitrogen and oxygen atoms in total. The molecule has 13 heavy (non-hydrogen) atoms. The fraction of sp³-hybridized carbons (Fsp3) is 0.857. The second kappa shape index (κ2) is 4.06. The molecule has 0 spiro atoms. The van der Waals surface area contributed by atoms with Gasteiger partial charge in [0.1, 0.15) is 15.4 Å². The lowest BCUT2D eigenvalue weighted by Gasteiger charge is -2.15. The third-order valence-corrected chi connectivity index (χ3v) is 2.26. The van der Waals surface area contributed by atoms with Crippen LogP contribution in [0.4, 0.5) is 0 Å². The normalized spacial score (nSPS) is 12.6. The fourth-order valence-electron chi connectivity index (χ4n) is 0.566. The van der Waals surface area contributed by atoms with Crippen LogP contribution in [0.25, 0.3) is 0 Å². The number of amides is 1. The summed E-state index contributed by atoms with van der Waals surface area (Å²) in [7, 11) is -3.06. The van der Waals surface area contributed by atoms with E-state index in [4.69, 9.17) is 5.11 Å². The molecule has 0 fully saturated rings. The Bertz CT molecular complexity index is 275. The summed E-state index contributed by atoms with van der Waals surface area (Å²) in [6.45, 7) is 2.70. The number of carbonyl (C=O) groups is 1. The van der Waals surface area contributed by atoms with E-state index in [-0.39, 0.29) is 12.3 Å². The monoisotopic (exact) mass is 209 g/mol. The Hall–Kier alpha value is -0.620. The third-order valence-electron chi connectivity index (χ3n) is 1.31. The van der Waals surface area contributed by atoms with Gasteiger partial charge in [-0.3, -0.25) is 4.79 Å². The Morgan fingerprint density at radius 3 is 2.23 bits per heavy atom. The van der Waals surface area contributed by atoms with Gasteiger partial charge in [0.2, 0.25) is 0 Å². The Morgan fingerprint density at radius 1 is 1.46 bits per heavy atom. The predicted octanol–water partition coefficient (Wildman–Crippen LogP) is -1.08. The van der Waals surface area contributed by atoms with Crippen LogP contribution in [0.5, 0.6) is 0 Å². The van der Waals surface area contributed by atoms with E-state index < -0.39 is 21.3 Å². The van der Waals surface area contributed by atoms with Crippen LogP contribution in [0, 0.1) is 0 Å². The summed E-state index contributed by atoms with van der Waals surface area (Å²) in [6.07, 6.45) is 1.09. The highest BCUT2D eigenvalue weighted by atomic mass is 32.2. The first-order valence-electron chi connectivity index (χ1n) is 3.81. The molecule has 0 heterocycles. The van der Waals surface area contributed by atoms with E-state index in [2.05, 4.69) is 5.32 Å². The Morgan fingerprint density at radius 2 is 1.92 bits per heavy atom. The molecular weight excluding hydrogens is 194 g/mol. The second-order valence-corrected chi connectivity index (χ2v) is 5.70. The molecule has 0 saturated heterocycles. The molecule has 0 atom stereocenters. The summed E-state index contributed by atoms with van der Waals surface area (Å²) in [4.78, 5) is 11.0. The van der Waals surface area contributed by atoms with E-state index in [0.717, 1.165) is 6.26 Å². The number of sulfone groups is 1. The topological polar surface area (TPSA) is 83.5 Å². The molecule has 1 amide bonds. The maximum atomic E-state index is 11.0. The fourth-order valence-corrected chi connectivity index (χ4v) is 1.04. The molecule has 0 rings (SSSR count). The van der Waals surface area contributed by atoms with E-state index in [1.165, 1.54) is 13.8 Å². The molecule has 2 N–H and O–H groups in total. The van der Waals surface area contributed by atoms with Crippen molar-refractivity contribution in [1.82, 2.24) is 5.32 Å². The average Bonchev–Trinajstić information content (AvgIpc) is 1.82. The zero-order valence-electron chi connectivity index (χ0n) is 7.99. The highest BCUT2D eigenvalue weighted by Crippen LogP contribution is 1.99. The van der Waals surface area contributed by atoms with E-state index in [9.17, 15) is 13.2 Å². The molecule has 0 aromatic carbocycles. The summed E-state index contributed by atoms with van der Waals surface area (Å²) in [5.74, 6) is -0.689. The van der Waals surface area contributed by atoms with Crippen molar-refractivity contribution in [2.45, 2.75) is 19.4 Å². The predicted molar refractivity (Wildman–Crippen MR) is 49.0 cm³/mol. The minimum atomic E-state index is -3.06. The van der Waals surface area contributed by atoms with E-state index in [0.29, 0.717) is 0 Å². The van der Waals surface area contributed by atoms with Gasteiger partial charge in [0, 0.05) is 12.8 Å². The van der Waals surface area contributed by atoms with Gasteiger partial charge in [0.05, 0.1) is 5.75 Å². The first-order chi connectivity index (χ1) is 5.63. The molecule has 0 radical (unpaired) electrons. The number of aliphatic hydroxyl groups is 1. The Kier molecular flexibility index (Phi) is 3.87. The lowest BCUT2D eigenvalue weighted by molar-refractivity contribution is -0.136. The summed E-state index contributed by atoms with van der Waals surface area (Å²) < 4.78 is 21.3. The minimum absolute atomic E-state index is 0.0294. The van der Waals surface area contributed by atoms with Gasteiger partial charge in [-0.2, -0.15) is 0 Å². The zero-order valence-corrected chi connectivity index (χ0v) is 8.81. The molecule has 0 aliphatic heterocycles. The minimum Gasteiger partial charge on any atom is -0.381 e. The standard InChI is InChI=1S/C7H15NO4S/c1-7(2,10)6(9)8-4-5-13(3,11)12/h10H,4-5H2,1-3H3,(H,8,9). The van der Waals surface area contributed by atoms with Crippen molar-refractivity contribution in [2.75, 3.05) is 18.6 Å². The summed E-state index contributed by atoms with van der Waals surface area (Å²) in [5.41, 5.74) is -1.46. The van der Waals surface area contributed by atoms with Gasteiger partial charge in [-0.05, 0) is 13.8 Å². The second-order valence-electron chi connectivity index (χ2n) is 3.44. The number of nitrogens with one attached hydrogen (secondary N) is 1. The van der Waals surface area contributed by atoms with Gasteiger partial charge in [0.15, 0.2) is 0 Å². The average molecular weight is 209 g/mol. The molecule has 6 heteroatoms. The van der Waals surface area contributed by atoms with Crippen molar-refractivity contribution in [3.8, 4) is 0 Å². The lowest BCUT2D eigenvalue weighted by Crippen LogP contribution is -2.43.